The molecule has 0 radical (unpaired) electrons. The fourth-order valence-corrected chi connectivity index (χ4v) is 2.49. The topological polar surface area (TPSA) is 91.0 Å². The fraction of sp³-hybridized carbons (Fsp3) is 0.400. The smallest absolute Gasteiger partial charge is 0.213 e. The maximum absolute atomic E-state index is 5.95. The Bertz CT molecular complexity index is 780. The number of methoxy groups -OCH3 is 2. The lowest BCUT2D eigenvalue weighted by Gasteiger charge is -2.10. The number of nitrogens with zero attached hydrogens (tertiary/aromatic N) is 2. The minimum Gasteiger partial charge on any atom is -0.493 e. The van der Waals surface area contributed by atoms with Gasteiger partial charge in [-0.15, -0.1) is 24.0 Å². The Labute approximate surface area is 182 Å². The first-order chi connectivity index (χ1) is 13.2. The van der Waals surface area contributed by atoms with Gasteiger partial charge < -0.3 is 25.3 Å². The minimum atomic E-state index is 0. The first kappa shape index (κ1) is 22.1. The summed E-state index contributed by atoms with van der Waals surface area (Å²) in [6.07, 6.45) is 4.30. The number of ether oxygens (including phenoxy) is 3. The van der Waals surface area contributed by atoms with Gasteiger partial charge in [0.2, 0.25) is 5.88 Å². The van der Waals surface area contributed by atoms with Crippen LogP contribution in [0, 0.1) is 5.92 Å². The molecule has 1 heterocycles. The maximum Gasteiger partial charge on any atom is 0.213 e. The lowest BCUT2D eigenvalue weighted by Crippen LogP contribution is -2.31. The van der Waals surface area contributed by atoms with E-state index in [0.29, 0.717) is 42.3 Å². The summed E-state index contributed by atoms with van der Waals surface area (Å²) >= 11 is 0. The molecule has 0 saturated heterocycles. The van der Waals surface area contributed by atoms with Crippen molar-refractivity contribution in [2.75, 3.05) is 20.8 Å². The molecular weight excluding hydrogens is 471 g/mol. The highest BCUT2D eigenvalue weighted by molar-refractivity contribution is 14.0. The van der Waals surface area contributed by atoms with Gasteiger partial charge in [-0.05, 0) is 42.0 Å². The van der Waals surface area contributed by atoms with Crippen LogP contribution in [0.25, 0.3) is 0 Å². The lowest BCUT2D eigenvalue weighted by molar-refractivity contribution is 0.288. The van der Waals surface area contributed by atoms with Crippen LogP contribution < -0.4 is 25.3 Å². The predicted molar refractivity (Wildman–Crippen MR) is 120 cm³/mol. The highest BCUT2D eigenvalue weighted by atomic mass is 127. The molecule has 0 bridgehead atoms. The SMILES string of the molecule is COc1ccc(CNC(N)=NCc2ccc(OCC3CC3)nc2)cc1OC.I. The van der Waals surface area contributed by atoms with Crippen LogP contribution in [-0.4, -0.2) is 31.8 Å². The van der Waals surface area contributed by atoms with Crippen LogP contribution in [-0.2, 0) is 13.1 Å². The third-order valence-corrected chi connectivity index (χ3v) is 4.31. The van der Waals surface area contributed by atoms with Gasteiger partial charge >= 0.3 is 0 Å². The second-order valence-corrected chi connectivity index (χ2v) is 6.50. The molecular formula is C20H27IN4O3. The van der Waals surface area contributed by atoms with Crippen molar-refractivity contribution in [1.82, 2.24) is 10.3 Å². The average Bonchev–Trinajstić information content (AvgIpc) is 3.54. The second-order valence-electron chi connectivity index (χ2n) is 6.50. The molecule has 1 aromatic carbocycles. The van der Waals surface area contributed by atoms with E-state index in [-0.39, 0.29) is 24.0 Å². The first-order valence-corrected chi connectivity index (χ1v) is 9.00. The molecule has 1 saturated carbocycles. The molecule has 28 heavy (non-hydrogen) atoms. The summed E-state index contributed by atoms with van der Waals surface area (Å²) < 4.78 is 16.2. The Hall–Kier alpha value is -2.23. The standard InChI is InChI=1S/C20H26N4O3.HI/c1-25-17-7-5-15(9-18(17)26-2)10-23-20(21)24-12-16-6-8-19(22-11-16)27-13-14-3-4-14;/h5-9,11,14H,3-4,10,12-13H2,1-2H3,(H3,21,23,24);1H. The van der Waals surface area contributed by atoms with E-state index >= 15 is 0 Å². The van der Waals surface area contributed by atoms with Crippen molar-refractivity contribution in [3.8, 4) is 17.4 Å². The number of benzene rings is 1. The van der Waals surface area contributed by atoms with Crippen molar-refractivity contribution in [2.24, 2.45) is 16.6 Å². The van der Waals surface area contributed by atoms with Gasteiger partial charge in [0.1, 0.15) is 0 Å². The zero-order chi connectivity index (χ0) is 19.1. The van der Waals surface area contributed by atoms with Crippen molar-refractivity contribution in [3.05, 3.63) is 47.7 Å². The number of aliphatic imine (C=N–C) groups is 1. The molecule has 0 amide bonds. The number of nitrogens with one attached hydrogen (secondary N) is 1. The number of halogens is 1. The third-order valence-electron chi connectivity index (χ3n) is 4.31. The largest absolute Gasteiger partial charge is 0.493 e. The summed E-state index contributed by atoms with van der Waals surface area (Å²) in [4.78, 5) is 8.65. The van der Waals surface area contributed by atoms with E-state index in [4.69, 9.17) is 19.9 Å². The Morgan fingerprint density at radius 2 is 1.89 bits per heavy atom. The average molecular weight is 498 g/mol. The van der Waals surface area contributed by atoms with Gasteiger partial charge in [-0.25, -0.2) is 9.98 Å². The minimum absolute atomic E-state index is 0. The van der Waals surface area contributed by atoms with Gasteiger partial charge in [0.05, 0.1) is 27.4 Å². The molecule has 1 aromatic heterocycles. The molecule has 0 spiro atoms. The van der Waals surface area contributed by atoms with Gasteiger partial charge in [-0.3, -0.25) is 0 Å². The van der Waals surface area contributed by atoms with Crippen molar-refractivity contribution in [3.63, 3.8) is 0 Å². The molecule has 0 unspecified atom stereocenters. The van der Waals surface area contributed by atoms with E-state index in [9.17, 15) is 0 Å². The van der Waals surface area contributed by atoms with Crippen LogP contribution in [0.5, 0.6) is 17.4 Å². The highest BCUT2D eigenvalue weighted by Crippen LogP contribution is 2.29. The summed E-state index contributed by atoms with van der Waals surface area (Å²) in [6.45, 7) is 1.76. The van der Waals surface area contributed by atoms with Crippen molar-refractivity contribution in [1.29, 1.82) is 0 Å². The Kier molecular flexibility index (Phi) is 8.62. The Balaban J connectivity index is 0.00000280. The summed E-state index contributed by atoms with van der Waals surface area (Å²) in [5.41, 5.74) is 7.95. The number of rotatable bonds is 9. The van der Waals surface area contributed by atoms with Crippen LogP contribution in [0.4, 0.5) is 0 Å². The van der Waals surface area contributed by atoms with E-state index in [2.05, 4.69) is 15.3 Å². The predicted octanol–water partition coefficient (Wildman–Crippen LogP) is 3.11. The van der Waals surface area contributed by atoms with Crippen LogP contribution in [0.15, 0.2) is 41.5 Å². The zero-order valence-corrected chi connectivity index (χ0v) is 18.5. The molecule has 152 valence electrons. The summed E-state index contributed by atoms with van der Waals surface area (Å²) in [7, 11) is 3.22. The summed E-state index contributed by atoms with van der Waals surface area (Å²) in [6, 6.07) is 9.55. The number of aromatic nitrogens is 1. The van der Waals surface area contributed by atoms with Crippen LogP contribution in [0.1, 0.15) is 24.0 Å². The molecule has 0 atom stereocenters. The molecule has 0 aliphatic heterocycles. The van der Waals surface area contributed by atoms with E-state index in [0.717, 1.165) is 17.7 Å². The molecule has 3 rings (SSSR count). The van der Waals surface area contributed by atoms with Crippen LogP contribution in [0.2, 0.25) is 0 Å². The van der Waals surface area contributed by atoms with E-state index in [1.165, 1.54) is 12.8 Å². The molecule has 3 N–H and O–H groups in total. The number of guanidine groups is 1. The molecule has 8 heteroatoms. The lowest BCUT2D eigenvalue weighted by atomic mass is 10.2. The van der Waals surface area contributed by atoms with E-state index in [1.807, 2.05) is 30.3 Å². The van der Waals surface area contributed by atoms with Crippen LogP contribution in [0.3, 0.4) is 0 Å². The number of hydrogen-bond acceptors (Lipinski definition) is 5. The Morgan fingerprint density at radius 1 is 1.14 bits per heavy atom. The molecule has 1 aliphatic rings. The molecule has 7 nitrogen and oxygen atoms in total. The van der Waals surface area contributed by atoms with Gasteiger partial charge in [-0.2, -0.15) is 0 Å². The van der Waals surface area contributed by atoms with E-state index < -0.39 is 0 Å². The Morgan fingerprint density at radius 3 is 2.54 bits per heavy atom. The van der Waals surface area contributed by atoms with Gasteiger partial charge in [-0.1, -0.05) is 12.1 Å². The molecule has 1 aliphatic carbocycles. The summed E-state index contributed by atoms with van der Waals surface area (Å²) in [5, 5.41) is 3.10. The number of pyridine rings is 1. The maximum atomic E-state index is 5.95. The molecule has 1 fully saturated rings. The molecule has 2 aromatic rings. The zero-order valence-electron chi connectivity index (χ0n) is 16.2. The van der Waals surface area contributed by atoms with Crippen molar-refractivity contribution in [2.45, 2.75) is 25.9 Å². The van der Waals surface area contributed by atoms with Crippen molar-refractivity contribution >= 4 is 29.9 Å². The first-order valence-electron chi connectivity index (χ1n) is 9.00. The third kappa shape index (κ3) is 6.74. The second kappa shape index (κ2) is 10.9. The van der Waals surface area contributed by atoms with Crippen molar-refractivity contribution < 1.29 is 14.2 Å². The van der Waals surface area contributed by atoms with Gasteiger partial charge in [0.15, 0.2) is 17.5 Å². The monoisotopic (exact) mass is 498 g/mol. The normalized spacial score (nSPS) is 13.4. The highest BCUT2D eigenvalue weighted by Gasteiger charge is 2.21. The van der Waals surface area contributed by atoms with Crippen LogP contribution >= 0.6 is 24.0 Å². The van der Waals surface area contributed by atoms with Gasteiger partial charge in [0, 0.05) is 18.8 Å². The quantitative estimate of drug-likeness (QED) is 0.314. The number of nitrogens with two attached hydrogens (primary N) is 1. The van der Waals surface area contributed by atoms with E-state index in [1.54, 1.807) is 20.4 Å². The number of hydrogen-bond donors (Lipinski definition) is 2. The fourth-order valence-electron chi connectivity index (χ4n) is 2.49. The summed E-state index contributed by atoms with van der Waals surface area (Å²) in [5.74, 6) is 3.13. The van der Waals surface area contributed by atoms with Gasteiger partial charge in [0.25, 0.3) is 0 Å².